The molecule has 3 nitrogen and oxygen atoms in total. The molecule has 0 aromatic carbocycles. The fraction of sp³-hybridized carbons (Fsp3) is 0.857. The molecule has 1 spiro atoms. The molecule has 0 aromatic heterocycles. The lowest BCUT2D eigenvalue weighted by atomic mass is 9.75. The third-order valence-electron chi connectivity index (χ3n) is 2.54. The van der Waals surface area contributed by atoms with Crippen molar-refractivity contribution in [2.75, 3.05) is 19.6 Å². The lowest BCUT2D eigenvalue weighted by molar-refractivity contribution is -0.125. The highest BCUT2D eigenvalue weighted by atomic mass is 16.1. The number of carbonyl (C=O) groups excluding carboxylic acids is 1. The lowest BCUT2D eigenvalue weighted by Gasteiger charge is -2.45. The van der Waals surface area contributed by atoms with E-state index in [0.717, 1.165) is 32.5 Å². The quantitative estimate of drug-likeness (QED) is 0.475. The van der Waals surface area contributed by atoms with Crippen molar-refractivity contribution in [3.05, 3.63) is 0 Å². The molecular formula is C7H12N2O. The van der Waals surface area contributed by atoms with Gasteiger partial charge in [0.15, 0.2) is 0 Å². The maximum atomic E-state index is 10.8. The molecule has 2 rings (SSSR count). The highest BCUT2D eigenvalue weighted by Gasteiger charge is 2.39. The third kappa shape index (κ3) is 0.814. The number of carbonyl (C=O) groups is 1. The first-order chi connectivity index (χ1) is 4.81. The maximum absolute atomic E-state index is 10.8. The van der Waals surface area contributed by atoms with Crippen LogP contribution in [0.15, 0.2) is 0 Å². The Labute approximate surface area is 60.2 Å². The average molecular weight is 140 g/mol. The van der Waals surface area contributed by atoms with Crippen LogP contribution in [0.4, 0.5) is 0 Å². The molecule has 1 amide bonds. The highest BCUT2D eigenvalue weighted by molar-refractivity contribution is 5.76. The minimum absolute atomic E-state index is 0.220. The molecule has 0 bridgehead atoms. The summed E-state index contributed by atoms with van der Waals surface area (Å²) in [4.78, 5) is 10.8. The Kier molecular flexibility index (Phi) is 1.20. The molecule has 2 heterocycles. The second-order valence-corrected chi connectivity index (χ2v) is 3.38. The molecule has 2 saturated heterocycles. The van der Waals surface area contributed by atoms with Crippen LogP contribution in [0.25, 0.3) is 0 Å². The van der Waals surface area contributed by atoms with Gasteiger partial charge < -0.3 is 10.6 Å². The number of hydrogen-bond donors (Lipinski definition) is 2. The molecular weight excluding hydrogens is 128 g/mol. The highest BCUT2D eigenvalue weighted by Crippen LogP contribution is 2.29. The minimum atomic E-state index is 0.220. The molecule has 0 unspecified atom stereocenters. The van der Waals surface area contributed by atoms with Crippen molar-refractivity contribution in [1.29, 1.82) is 0 Å². The Hall–Kier alpha value is -0.570. The van der Waals surface area contributed by atoms with Crippen molar-refractivity contribution in [3.8, 4) is 0 Å². The summed E-state index contributed by atoms with van der Waals surface area (Å²) in [5.74, 6) is 0.220. The minimum Gasteiger partial charge on any atom is -0.355 e. The number of nitrogens with one attached hydrogen (secondary N) is 2. The van der Waals surface area contributed by atoms with Gasteiger partial charge >= 0.3 is 0 Å². The number of amides is 1. The predicted molar refractivity (Wildman–Crippen MR) is 37.5 cm³/mol. The Morgan fingerprint density at radius 3 is 2.50 bits per heavy atom. The van der Waals surface area contributed by atoms with Crippen LogP contribution < -0.4 is 10.6 Å². The van der Waals surface area contributed by atoms with Gasteiger partial charge in [0.25, 0.3) is 0 Å². The predicted octanol–water partition coefficient (Wildman–Crippen LogP) is -0.514. The van der Waals surface area contributed by atoms with Gasteiger partial charge in [0.05, 0.1) is 0 Å². The molecule has 2 fully saturated rings. The molecule has 0 saturated carbocycles. The SMILES string of the molecule is O=C1CCC2(CNC2)CN1. The fourth-order valence-electron chi connectivity index (χ4n) is 1.62. The van der Waals surface area contributed by atoms with E-state index >= 15 is 0 Å². The summed E-state index contributed by atoms with van der Waals surface area (Å²) in [5, 5.41) is 6.13. The Morgan fingerprint density at radius 2 is 2.10 bits per heavy atom. The van der Waals surface area contributed by atoms with Crippen molar-refractivity contribution >= 4 is 5.91 Å². The fourth-order valence-corrected chi connectivity index (χ4v) is 1.62. The van der Waals surface area contributed by atoms with Gasteiger partial charge in [0, 0.05) is 31.5 Å². The summed E-state index contributed by atoms with van der Waals surface area (Å²) < 4.78 is 0. The van der Waals surface area contributed by atoms with Crippen LogP contribution in [-0.2, 0) is 4.79 Å². The summed E-state index contributed by atoms with van der Waals surface area (Å²) >= 11 is 0. The van der Waals surface area contributed by atoms with Gasteiger partial charge in [-0.3, -0.25) is 4.79 Å². The molecule has 56 valence electrons. The standard InChI is InChI=1S/C7H12N2O/c10-6-1-2-7(5-9-6)3-8-4-7/h8H,1-5H2,(H,9,10). The smallest absolute Gasteiger partial charge is 0.220 e. The van der Waals surface area contributed by atoms with Crippen LogP contribution in [0.5, 0.6) is 0 Å². The summed E-state index contributed by atoms with van der Waals surface area (Å²) in [6.07, 6.45) is 1.80. The van der Waals surface area contributed by atoms with E-state index in [-0.39, 0.29) is 5.91 Å². The van der Waals surface area contributed by atoms with E-state index in [1.807, 2.05) is 0 Å². The molecule has 2 aliphatic rings. The van der Waals surface area contributed by atoms with E-state index in [1.54, 1.807) is 0 Å². The van der Waals surface area contributed by atoms with Gasteiger partial charge in [-0.05, 0) is 6.42 Å². The first-order valence-corrected chi connectivity index (χ1v) is 3.78. The topological polar surface area (TPSA) is 41.1 Å². The molecule has 0 aromatic rings. The largest absolute Gasteiger partial charge is 0.355 e. The number of hydrogen-bond acceptors (Lipinski definition) is 2. The van der Waals surface area contributed by atoms with Gasteiger partial charge in [-0.1, -0.05) is 0 Å². The van der Waals surface area contributed by atoms with Crippen molar-refractivity contribution < 1.29 is 4.79 Å². The van der Waals surface area contributed by atoms with Gasteiger partial charge in [-0.25, -0.2) is 0 Å². The molecule has 0 atom stereocenters. The van der Waals surface area contributed by atoms with Crippen LogP contribution in [0.2, 0.25) is 0 Å². The first-order valence-electron chi connectivity index (χ1n) is 3.78. The van der Waals surface area contributed by atoms with Crippen LogP contribution in [0, 0.1) is 5.41 Å². The molecule has 0 radical (unpaired) electrons. The number of rotatable bonds is 0. The van der Waals surface area contributed by atoms with Gasteiger partial charge in [-0.2, -0.15) is 0 Å². The molecule has 3 heteroatoms. The number of piperidine rings is 1. The molecule has 2 aliphatic heterocycles. The van der Waals surface area contributed by atoms with E-state index in [0.29, 0.717) is 5.41 Å². The van der Waals surface area contributed by atoms with Crippen molar-refractivity contribution in [2.24, 2.45) is 5.41 Å². The van der Waals surface area contributed by atoms with Crippen molar-refractivity contribution in [2.45, 2.75) is 12.8 Å². The van der Waals surface area contributed by atoms with Gasteiger partial charge in [0.2, 0.25) is 5.91 Å². The first kappa shape index (κ1) is 6.16. The Balaban J connectivity index is 1.96. The second-order valence-electron chi connectivity index (χ2n) is 3.38. The van der Waals surface area contributed by atoms with Crippen molar-refractivity contribution in [1.82, 2.24) is 10.6 Å². The average Bonchev–Trinajstić information content (AvgIpc) is 1.86. The monoisotopic (exact) mass is 140 g/mol. The van der Waals surface area contributed by atoms with Crippen molar-refractivity contribution in [3.63, 3.8) is 0 Å². The van der Waals surface area contributed by atoms with Crippen LogP contribution in [-0.4, -0.2) is 25.5 Å². The normalized spacial score (nSPS) is 29.4. The third-order valence-corrected chi connectivity index (χ3v) is 2.54. The molecule has 10 heavy (non-hydrogen) atoms. The molecule has 0 aliphatic carbocycles. The summed E-state index contributed by atoms with van der Waals surface area (Å²) in [6.45, 7) is 3.07. The van der Waals surface area contributed by atoms with Gasteiger partial charge in [0.1, 0.15) is 0 Å². The van der Waals surface area contributed by atoms with E-state index < -0.39 is 0 Å². The zero-order chi connectivity index (χ0) is 7.03. The lowest BCUT2D eigenvalue weighted by Crippen LogP contribution is -2.61. The van der Waals surface area contributed by atoms with Crippen LogP contribution >= 0.6 is 0 Å². The Morgan fingerprint density at radius 1 is 1.30 bits per heavy atom. The van der Waals surface area contributed by atoms with E-state index in [4.69, 9.17) is 0 Å². The Bertz CT molecular complexity index is 151. The summed E-state index contributed by atoms with van der Waals surface area (Å²) in [7, 11) is 0. The van der Waals surface area contributed by atoms with E-state index in [1.165, 1.54) is 0 Å². The van der Waals surface area contributed by atoms with E-state index in [9.17, 15) is 4.79 Å². The zero-order valence-corrected chi connectivity index (χ0v) is 5.94. The second kappa shape index (κ2) is 1.95. The van der Waals surface area contributed by atoms with Gasteiger partial charge in [-0.15, -0.1) is 0 Å². The summed E-state index contributed by atoms with van der Waals surface area (Å²) in [5.41, 5.74) is 0.438. The zero-order valence-electron chi connectivity index (χ0n) is 5.94. The van der Waals surface area contributed by atoms with E-state index in [2.05, 4.69) is 10.6 Å². The maximum Gasteiger partial charge on any atom is 0.220 e. The summed E-state index contributed by atoms with van der Waals surface area (Å²) in [6, 6.07) is 0. The van der Waals surface area contributed by atoms with Crippen LogP contribution in [0.3, 0.4) is 0 Å². The molecule has 2 N–H and O–H groups in total. The van der Waals surface area contributed by atoms with Crippen LogP contribution in [0.1, 0.15) is 12.8 Å².